The molecule has 2 aromatic carbocycles. The van der Waals surface area contributed by atoms with Gasteiger partial charge in [-0.2, -0.15) is 0 Å². The van der Waals surface area contributed by atoms with Crippen molar-refractivity contribution < 1.29 is 23.9 Å². The molecule has 1 aromatic heterocycles. The summed E-state index contributed by atoms with van der Waals surface area (Å²) in [5, 5.41) is 3.00. The molecule has 48 heavy (non-hydrogen) atoms. The fraction of sp³-hybridized carbons (Fsp3) is 0.568. The number of anilines is 1. The molecular formula is C37H52N6O5. The minimum absolute atomic E-state index is 0.0164. The van der Waals surface area contributed by atoms with Crippen molar-refractivity contribution in [3.8, 4) is 0 Å². The number of imidazole rings is 1. The van der Waals surface area contributed by atoms with Crippen LogP contribution in [0.15, 0.2) is 48.5 Å². The summed E-state index contributed by atoms with van der Waals surface area (Å²) in [7, 11) is 1.72. The van der Waals surface area contributed by atoms with E-state index >= 15 is 0 Å². The summed E-state index contributed by atoms with van der Waals surface area (Å²) in [6, 6.07) is 16.1. The predicted molar refractivity (Wildman–Crippen MR) is 187 cm³/mol. The molecule has 11 nitrogen and oxygen atoms in total. The summed E-state index contributed by atoms with van der Waals surface area (Å²) in [4.78, 5) is 49.7. The standard InChI is InChI=1S/C37H52N6O5/c1-27(44)40-19-21-41(22-20-40)31-15-13-28(14-16-31)24-30(38-36(46)48-37(2,3)4)25-34(45)42-17-8-10-29(26-42)35-39-32-11-6-7-12-33(32)43(35)18-9-23-47-5/h6-7,11-16,29-30H,8-10,17-26H2,1-5H3,(H,38,46)/t29-,30-/m1/s1. The molecule has 2 aliphatic rings. The van der Waals surface area contributed by atoms with Gasteiger partial charge in [0.25, 0.3) is 0 Å². The van der Waals surface area contributed by atoms with E-state index in [4.69, 9.17) is 14.5 Å². The van der Waals surface area contributed by atoms with Gasteiger partial charge in [-0.25, -0.2) is 9.78 Å². The van der Waals surface area contributed by atoms with Crippen LogP contribution >= 0.6 is 0 Å². The SMILES string of the molecule is COCCCn1c([C@@H]2CCCN(C(=O)C[C@@H](Cc3ccc(N4CCN(C(C)=O)CC4)cc3)NC(=O)OC(C)(C)C)C2)nc2ccccc21. The number of carbonyl (C=O) groups is 3. The Bertz CT molecular complexity index is 1540. The van der Waals surface area contributed by atoms with Crippen LogP contribution in [0.4, 0.5) is 10.5 Å². The predicted octanol–water partition coefficient (Wildman–Crippen LogP) is 4.97. The van der Waals surface area contributed by atoms with E-state index in [0.717, 1.165) is 67.0 Å². The van der Waals surface area contributed by atoms with Crippen molar-refractivity contribution in [1.29, 1.82) is 0 Å². The lowest BCUT2D eigenvalue weighted by atomic mass is 9.95. The second kappa shape index (κ2) is 15.9. The first-order chi connectivity index (χ1) is 23.0. The number of nitrogens with one attached hydrogen (secondary N) is 1. The Kier molecular flexibility index (Phi) is 11.6. The summed E-state index contributed by atoms with van der Waals surface area (Å²) < 4.78 is 13.2. The van der Waals surface area contributed by atoms with Gasteiger partial charge in [0.15, 0.2) is 0 Å². The Morgan fingerprint density at radius 3 is 2.40 bits per heavy atom. The zero-order chi connectivity index (χ0) is 34.3. The first kappa shape index (κ1) is 35.2. The average Bonchev–Trinajstić information content (AvgIpc) is 3.43. The van der Waals surface area contributed by atoms with Crippen LogP contribution < -0.4 is 10.2 Å². The van der Waals surface area contributed by atoms with Crippen molar-refractivity contribution in [2.45, 2.75) is 83.9 Å². The van der Waals surface area contributed by atoms with Crippen molar-refractivity contribution in [3.63, 3.8) is 0 Å². The molecule has 2 aliphatic heterocycles. The van der Waals surface area contributed by atoms with Gasteiger partial charge in [0.1, 0.15) is 11.4 Å². The minimum Gasteiger partial charge on any atom is -0.444 e. The number of methoxy groups -OCH3 is 1. The highest BCUT2D eigenvalue weighted by atomic mass is 16.6. The van der Waals surface area contributed by atoms with E-state index in [9.17, 15) is 14.4 Å². The highest BCUT2D eigenvalue weighted by Gasteiger charge is 2.31. The van der Waals surface area contributed by atoms with Crippen molar-refractivity contribution in [2.75, 3.05) is 57.9 Å². The number of piperazine rings is 1. The lowest BCUT2D eigenvalue weighted by Crippen LogP contribution is -2.48. The van der Waals surface area contributed by atoms with Crippen molar-refractivity contribution in [3.05, 3.63) is 59.9 Å². The van der Waals surface area contributed by atoms with Gasteiger partial charge in [-0.15, -0.1) is 0 Å². The molecule has 5 rings (SSSR count). The summed E-state index contributed by atoms with van der Waals surface area (Å²) in [6.45, 7) is 12.9. The first-order valence-electron chi connectivity index (χ1n) is 17.3. The lowest BCUT2D eigenvalue weighted by molar-refractivity contribution is -0.133. The van der Waals surface area contributed by atoms with Gasteiger partial charge >= 0.3 is 6.09 Å². The number of hydrogen-bond donors (Lipinski definition) is 1. The van der Waals surface area contributed by atoms with E-state index in [1.807, 2.05) is 48.8 Å². The third kappa shape index (κ3) is 9.27. The summed E-state index contributed by atoms with van der Waals surface area (Å²) >= 11 is 0. The van der Waals surface area contributed by atoms with Crippen molar-refractivity contribution >= 4 is 34.6 Å². The second-order valence-electron chi connectivity index (χ2n) is 14.0. The topological polar surface area (TPSA) is 109 Å². The number of benzene rings is 2. The van der Waals surface area contributed by atoms with E-state index in [0.29, 0.717) is 39.2 Å². The Labute approximate surface area is 284 Å². The average molecular weight is 661 g/mol. The van der Waals surface area contributed by atoms with Crippen molar-refractivity contribution in [2.24, 2.45) is 0 Å². The number of piperidine rings is 1. The van der Waals surface area contributed by atoms with Crippen LogP contribution in [0.25, 0.3) is 11.0 Å². The molecule has 0 spiro atoms. The van der Waals surface area contributed by atoms with Gasteiger partial charge in [0.2, 0.25) is 11.8 Å². The molecule has 3 heterocycles. The maximum atomic E-state index is 13.9. The molecule has 2 fully saturated rings. The van der Waals surface area contributed by atoms with Crippen LogP contribution in [0.5, 0.6) is 0 Å². The zero-order valence-corrected chi connectivity index (χ0v) is 29.2. The van der Waals surface area contributed by atoms with E-state index in [1.54, 1.807) is 14.0 Å². The van der Waals surface area contributed by atoms with Crippen LogP contribution in [-0.4, -0.2) is 102 Å². The molecule has 0 bridgehead atoms. The third-order valence-electron chi connectivity index (χ3n) is 9.20. The smallest absolute Gasteiger partial charge is 0.407 e. The normalized spacial score (nSPS) is 17.8. The van der Waals surface area contributed by atoms with Crippen LogP contribution in [0.1, 0.15) is 70.7 Å². The number of alkyl carbamates (subject to hydrolysis) is 1. The molecule has 0 aliphatic carbocycles. The van der Waals surface area contributed by atoms with Crippen LogP contribution in [0, 0.1) is 0 Å². The summed E-state index contributed by atoms with van der Waals surface area (Å²) in [5.41, 5.74) is 3.55. The molecular weight excluding hydrogens is 608 g/mol. The first-order valence-corrected chi connectivity index (χ1v) is 17.3. The largest absolute Gasteiger partial charge is 0.444 e. The van der Waals surface area contributed by atoms with Gasteiger partial charge in [-0.05, 0) is 76.3 Å². The highest BCUT2D eigenvalue weighted by molar-refractivity contribution is 5.79. The number of fused-ring (bicyclic) bond motifs is 1. The summed E-state index contributed by atoms with van der Waals surface area (Å²) in [5.74, 6) is 1.28. The Morgan fingerprint density at radius 2 is 1.71 bits per heavy atom. The molecule has 260 valence electrons. The fourth-order valence-electron chi connectivity index (χ4n) is 6.82. The number of hydrogen-bond acceptors (Lipinski definition) is 7. The Morgan fingerprint density at radius 1 is 0.979 bits per heavy atom. The van der Waals surface area contributed by atoms with Crippen LogP contribution in [0.2, 0.25) is 0 Å². The maximum Gasteiger partial charge on any atom is 0.407 e. The van der Waals surface area contributed by atoms with E-state index in [1.165, 1.54) is 0 Å². The maximum absolute atomic E-state index is 13.9. The number of amides is 3. The Hall–Kier alpha value is -4.12. The lowest BCUT2D eigenvalue weighted by Gasteiger charge is -2.35. The van der Waals surface area contributed by atoms with Gasteiger partial charge in [-0.3, -0.25) is 9.59 Å². The number of nitrogens with zero attached hydrogens (tertiary/aromatic N) is 5. The minimum atomic E-state index is -0.651. The molecule has 0 saturated carbocycles. The number of rotatable bonds is 11. The summed E-state index contributed by atoms with van der Waals surface area (Å²) in [6.07, 6.45) is 2.88. The number of aryl methyl sites for hydroxylation is 1. The van der Waals surface area contributed by atoms with E-state index in [-0.39, 0.29) is 24.2 Å². The van der Waals surface area contributed by atoms with E-state index < -0.39 is 17.7 Å². The highest BCUT2D eigenvalue weighted by Crippen LogP contribution is 2.30. The molecule has 0 radical (unpaired) electrons. The van der Waals surface area contributed by atoms with Crippen LogP contribution in [0.3, 0.4) is 0 Å². The molecule has 3 aromatic rings. The molecule has 3 amide bonds. The number of carbonyl (C=O) groups excluding carboxylic acids is 3. The fourth-order valence-corrected chi connectivity index (χ4v) is 6.82. The van der Waals surface area contributed by atoms with Crippen molar-refractivity contribution in [1.82, 2.24) is 24.7 Å². The molecule has 2 atom stereocenters. The van der Waals surface area contributed by atoms with Gasteiger partial charge in [-0.1, -0.05) is 24.3 Å². The number of likely N-dealkylation sites (tertiary alicyclic amines) is 1. The monoisotopic (exact) mass is 660 g/mol. The zero-order valence-electron chi connectivity index (χ0n) is 29.2. The van der Waals surface area contributed by atoms with E-state index in [2.05, 4.69) is 45.1 Å². The Balaban J connectivity index is 1.27. The quantitative estimate of drug-likeness (QED) is 0.289. The van der Waals surface area contributed by atoms with Gasteiger partial charge in [0, 0.05) is 90.5 Å². The third-order valence-corrected chi connectivity index (χ3v) is 9.20. The molecule has 1 N–H and O–H groups in total. The molecule has 11 heteroatoms. The number of ether oxygens (including phenoxy) is 2. The molecule has 0 unspecified atom stereocenters. The number of para-hydroxylation sites is 2. The van der Waals surface area contributed by atoms with Crippen LogP contribution in [-0.2, 0) is 32.0 Å². The number of aromatic nitrogens is 2. The van der Waals surface area contributed by atoms with Gasteiger partial charge < -0.3 is 34.1 Å². The second-order valence-corrected chi connectivity index (χ2v) is 14.0. The van der Waals surface area contributed by atoms with Gasteiger partial charge in [0.05, 0.1) is 11.0 Å². The molecule has 2 saturated heterocycles.